The summed E-state index contributed by atoms with van der Waals surface area (Å²) in [6.45, 7) is 2.81. The topological polar surface area (TPSA) is 299 Å². The quantitative estimate of drug-likeness (QED) is 0.0182. The van der Waals surface area contributed by atoms with Gasteiger partial charge in [0.15, 0.2) is 17.2 Å². The van der Waals surface area contributed by atoms with Crippen LogP contribution in [-0.4, -0.2) is 156 Å². The molecular formula is C72H53Cl6F12N15O9. The molecule has 0 aliphatic carbocycles. The number of hydrogen-bond acceptors (Lipinski definition) is 15. The number of nitrogens with zero attached hydrogens (tertiary/aromatic N) is 8. The molecule has 2 aliphatic heterocycles. The number of pyridine rings is 3. The van der Waals surface area contributed by atoms with Crippen molar-refractivity contribution in [3.63, 3.8) is 0 Å². The summed E-state index contributed by atoms with van der Waals surface area (Å²) in [7, 11) is 6.44. The summed E-state index contributed by atoms with van der Waals surface area (Å²) in [6, 6.07) is 24.3. The van der Waals surface area contributed by atoms with Gasteiger partial charge in [-0.3, -0.25) is 44.2 Å². The highest BCUT2D eigenvalue weighted by Crippen LogP contribution is 2.41. The number of amides is 6. The maximum Gasteiger partial charge on any atom is 0.573 e. The van der Waals surface area contributed by atoms with Gasteiger partial charge in [-0.05, 0) is 97.4 Å². The highest BCUT2D eigenvalue weighted by Gasteiger charge is 2.38. The van der Waals surface area contributed by atoms with Crippen LogP contribution in [0.1, 0.15) is 85.3 Å². The van der Waals surface area contributed by atoms with Gasteiger partial charge in [-0.15, -0.1) is 39.5 Å². The van der Waals surface area contributed by atoms with Gasteiger partial charge in [-0.1, -0.05) is 87.8 Å². The second-order valence-corrected chi connectivity index (χ2v) is 26.3. The molecule has 5 heterocycles. The van der Waals surface area contributed by atoms with E-state index < -0.39 is 140 Å². The zero-order valence-electron chi connectivity index (χ0n) is 58.4. The molecule has 596 valence electrons. The summed E-state index contributed by atoms with van der Waals surface area (Å²) in [5, 5.41) is 21.4. The SMILES string of the molecule is CN=C(c1ccc(C(=O)Nc2c(OC(F)(F)F)cc(Cl)cc2C(=O)Nc2ccc(Cl)cn2)c(F)c1)N(C)C.CN=C(c1ccc(C(=O)Nc2c(OC(F)(F)F)cc(Cl)cc2C(=O)Nc2ccc(Cl)cn2)c(F)c1)N1CCC1.N=C(c1ccc(C(=O)Nc2c(OC(F)(F)F)cc(Cl)cc2C(=O)Nc2ccc(Cl)cn2)c(F)c1)N1CC1. The second kappa shape index (κ2) is 36.8. The highest BCUT2D eigenvalue weighted by molar-refractivity contribution is 6.34. The molecule has 3 aromatic heterocycles. The van der Waals surface area contributed by atoms with Crippen LogP contribution in [0, 0.1) is 22.9 Å². The van der Waals surface area contributed by atoms with Crippen LogP contribution < -0.4 is 46.1 Å². The lowest BCUT2D eigenvalue weighted by molar-refractivity contribution is -0.275. The molecule has 0 atom stereocenters. The number of alkyl halides is 9. The van der Waals surface area contributed by atoms with E-state index in [0.29, 0.717) is 35.9 Å². The summed E-state index contributed by atoms with van der Waals surface area (Å²) in [5.74, 6) is -11.3. The molecule has 0 unspecified atom stereocenters. The van der Waals surface area contributed by atoms with E-state index >= 15 is 4.39 Å². The van der Waals surface area contributed by atoms with E-state index in [9.17, 15) is 77.1 Å². The van der Waals surface area contributed by atoms with Crippen LogP contribution in [0.4, 0.5) is 87.2 Å². The number of anilines is 6. The number of ether oxygens (including phenoxy) is 3. The third kappa shape index (κ3) is 23.5. The molecule has 11 rings (SSSR count). The molecule has 0 radical (unpaired) electrons. The van der Waals surface area contributed by atoms with Crippen molar-refractivity contribution >= 4 is 157 Å². The third-order valence-corrected chi connectivity index (χ3v) is 16.8. The molecule has 24 nitrogen and oxygen atoms in total. The fourth-order valence-electron chi connectivity index (χ4n) is 10.3. The van der Waals surface area contributed by atoms with Crippen LogP contribution in [-0.2, 0) is 0 Å². The molecule has 2 fully saturated rings. The zero-order chi connectivity index (χ0) is 83.4. The molecule has 114 heavy (non-hydrogen) atoms. The van der Waals surface area contributed by atoms with Gasteiger partial charge in [-0.2, -0.15) is 0 Å². The van der Waals surface area contributed by atoms with Gasteiger partial charge in [0.1, 0.15) is 52.4 Å². The third-order valence-electron chi connectivity index (χ3n) is 15.4. The number of amidine groups is 3. The molecule has 9 aromatic rings. The van der Waals surface area contributed by atoms with Crippen LogP contribution in [0.15, 0.2) is 156 Å². The molecule has 0 bridgehead atoms. The van der Waals surface area contributed by atoms with E-state index in [4.69, 9.17) is 75.0 Å². The minimum Gasteiger partial charge on any atom is -0.403 e. The lowest BCUT2D eigenvalue weighted by atomic mass is 10.1. The fraction of sp³-hybridized carbons (Fsp3) is 0.167. The number of aromatic nitrogens is 3. The van der Waals surface area contributed by atoms with Crippen molar-refractivity contribution in [3.05, 3.63) is 244 Å². The Balaban J connectivity index is 0.000000196. The first-order chi connectivity index (χ1) is 53.6. The number of carbonyl (C=O) groups excluding carboxylic acids is 6. The van der Waals surface area contributed by atoms with E-state index in [1.165, 1.54) is 86.3 Å². The molecule has 2 saturated heterocycles. The monoisotopic (exact) mass is 1710 g/mol. The van der Waals surface area contributed by atoms with E-state index in [-0.39, 0.29) is 59.0 Å². The standard InChI is InChI=1S/C25H19Cl2F4N5O3.C24H19Cl2F4N5O3.C23H15Cl2F4N5O3/c1-32-22(36-7-2-8-36)13-3-5-16(18(28)9-13)23(37)35-21-17(10-15(27)11-19(21)39-25(29,30)31)24(38)34-20-6-4-14(26)12-33-20;1-31-21(35(2)3)12-4-6-15(17(27)8-12)22(36)34-20-16(9-14(26)10-18(20)38-24(28,29)30)23(37)33-19-7-5-13(25)11-32-19;24-12-2-4-18(31-10-12)32-22(36)15-8-13(25)9-17(37-23(27,28)29)19(15)33-21(35)14-3-1-11(7-16(14)26)20(30)34-5-6-34/h3-6,9-12H,2,7-8H2,1H3,(H,35,37)(H,33,34,38);4-11H,1-3H3,(H,34,36)(H,32,33,37);1-4,7-10,30H,5-6H2,(H,33,35)(H,31,32,36). The van der Waals surface area contributed by atoms with Crippen molar-refractivity contribution < 1.29 is 95.7 Å². The molecule has 6 aromatic carbocycles. The number of hydrogen-bond donors (Lipinski definition) is 7. The summed E-state index contributed by atoms with van der Waals surface area (Å²) in [5.41, 5.74) is -4.16. The van der Waals surface area contributed by atoms with E-state index in [1.807, 2.05) is 4.90 Å². The number of carbonyl (C=O) groups is 6. The summed E-state index contributed by atoms with van der Waals surface area (Å²) >= 11 is 35.1. The Hall–Kier alpha value is -11.7. The van der Waals surface area contributed by atoms with Gasteiger partial charge in [-0.25, -0.2) is 28.1 Å². The van der Waals surface area contributed by atoms with Crippen molar-refractivity contribution in [1.29, 1.82) is 5.41 Å². The number of rotatable bonds is 18. The molecule has 6 amide bonds. The van der Waals surface area contributed by atoms with E-state index in [1.54, 1.807) is 30.9 Å². The molecule has 42 heteroatoms. The largest absolute Gasteiger partial charge is 0.573 e. The van der Waals surface area contributed by atoms with Crippen LogP contribution in [0.2, 0.25) is 30.1 Å². The van der Waals surface area contributed by atoms with Crippen molar-refractivity contribution in [2.75, 3.05) is 86.3 Å². The average molecular weight is 1710 g/mol. The normalized spacial score (nSPS) is 12.6. The van der Waals surface area contributed by atoms with Crippen molar-refractivity contribution in [2.45, 2.75) is 25.5 Å². The van der Waals surface area contributed by atoms with E-state index in [0.717, 1.165) is 86.2 Å². The Morgan fingerprint density at radius 2 is 0.719 bits per heavy atom. The second-order valence-electron chi connectivity index (χ2n) is 23.7. The molecular weight excluding hydrogens is 1660 g/mol. The molecule has 2 aliphatic rings. The van der Waals surface area contributed by atoms with Crippen LogP contribution in [0.3, 0.4) is 0 Å². The van der Waals surface area contributed by atoms with E-state index in [2.05, 4.69) is 71.0 Å². The van der Waals surface area contributed by atoms with Crippen molar-refractivity contribution in [1.82, 2.24) is 29.7 Å². The van der Waals surface area contributed by atoms with Gasteiger partial charge in [0.2, 0.25) is 0 Å². The fourth-order valence-corrected chi connectivity index (χ4v) is 11.2. The Morgan fingerprint density at radius 3 is 0.991 bits per heavy atom. The first kappa shape index (κ1) is 86.3. The lowest BCUT2D eigenvalue weighted by Gasteiger charge is -2.34. The Morgan fingerprint density at radius 1 is 0.404 bits per heavy atom. The number of benzene rings is 6. The predicted molar refractivity (Wildman–Crippen MR) is 402 cm³/mol. The van der Waals surface area contributed by atoms with Gasteiger partial charge >= 0.3 is 19.1 Å². The molecule has 0 spiro atoms. The number of nitrogens with one attached hydrogen (secondary N) is 7. The Kier molecular flexibility index (Phi) is 27.9. The highest BCUT2D eigenvalue weighted by atomic mass is 35.5. The van der Waals surface area contributed by atoms with Crippen LogP contribution in [0.5, 0.6) is 17.2 Å². The number of aliphatic imine (C=N–C) groups is 2. The van der Waals surface area contributed by atoms with Gasteiger partial charge < -0.3 is 60.8 Å². The minimum absolute atomic E-state index is 0.000394. The van der Waals surface area contributed by atoms with Crippen LogP contribution in [0.25, 0.3) is 0 Å². The van der Waals surface area contributed by atoms with Crippen LogP contribution >= 0.6 is 69.6 Å². The maximum atomic E-state index is 15.0. The minimum atomic E-state index is -5.21. The number of likely N-dealkylation sites (tertiary alicyclic amines) is 1. The van der Waals surface area contributed by atoms with Gasteiger partial charge in [0.25, 0.3) is 35.4 Å². The summed E-state index contributed by atoms with van der Waals surface area (Å²) in [4.78, 5) is 103. The lowest BCUT2D eigenvalue weighted by Crippen LogP contribution is -2.42. The predicted octanol–water partition coefficient (Wildman–Crippen LogP) is 17.5. The van der Waals surface area contributed by atoms with Gasteiger partial charge in [0.05, 0.1) is 65.5 Å². The molecule has 7 N–H and O–H groups in total. The average Bonchev–Trinajstić information content (AvgIpc) is 1.01. The van der Waals surface area contributed by atoms with Gasteiger partial charge in [0, 0.05) is 123 Å². The zero-order valence-corrected chi connectivity index (χ0v) is 63.0. The first-order valence-corrected chi connectivity index (χ1v) is 34.5. The maximum absolute atomic E-state index is 15.0. The summed E-state index contributed by atoms with van der Waals surface area (Å²) < 4.78 is 175. The Bertz CT molecular complexity index is 5260. The number of halogens is 18. The Labute approximate surface area is 666 Å². The summed E-state index contributed by atoms with van der Waals surface area (Å²) in [6.07, 6.45) is -11.0. The molecule has 0 saturated carbocycles. The smallest absolute Gasteiger partial charge is 0.403 e. The van der Waals surface area contributed by atoms with Crippen molar-refractivity contribution in [2.24, 2.45) is 9.98 Å². The van der Waals surface area contributed by atoms with Crippen molar-refractivity contribution in [3.8, 4) is 17.2 Å². The first-order valence-electron chi connectivity index (χ1n) is 32.2.